The number of hydrogen-bond donors (Lipinski definition) is 0. The Labute approximate surface area is 371 Å². The van der Waals surface area contributed by atoms with E-state index in [0.717, 1.165) is 86.5 Å². The zero-order chi connectivity index (χ0) is 43.1. The first kappa shape index (κ1) is 44.9. The molecule has 0 radical (unpaired) electrons. The Bertz CT molecular complexity index is 2420. The van der Waals surface area contributed by atoms with Gasteiger partial charge in [0.1, 0.15) is 23.0 Å². The molecule has 2 saturated heterocycles. The van der Waals surface area contributed by atoms with Crippen molar-refractivity contribution in [2.24, 2.45) is 5.92 Å². The predicted molar refractivity (Wildman–Crippen MR) is 241 cm³/mol. The van der Waals surface area contributed by atoms with Crippen LogP contribution in [0.2, 0.25) is 0 Å². The summed E-state index contributed by atoms with van der Waals surface area (Å²) in [6, 6.07) is 23.1. The standard InChI is InChI=1S/C23H24N2O4S.C14H17NO2.C9H6BrNO2S/c1-28-22(26)20-12-19-18(13-24-14-21(19)30-20)11-16-7-9-25(10-8-16)23(27)29-15-17-5-3-2-4-6-17;1-12-7-9-15(10-8-12)14(16)17-11-13-5-3-2-4-6-13;1-13-9(12)7-2-5-6(10)3-11-4-8(5)14-7/h2-6,12-14,16H,7-11,15H2,1H3;2-6H,1,7-11H2;2-4H,1H3. The van der Waals surface area contributed by atoms with E-state index in [9.17, 15) is 19.2 Å². The van der Waals surface area contributed by atoms with Crippen molar-refractivity contribution in [3.8, 4) is 0 Å². The second-order valence-corrected chi connectivity index (χ2v) is 17.4. The zero-order valence-corrected chi connectivity index (χ0v) is 37.3. The maximum absolute atomic E-state index is 12.4. The fraction of sp³-hybridized carbons (Fsp3) is 0.304. The summed E-state index contributed by atoms with van der Waals surface area (Å²) in [6.07, 6.45) is 11.2. The molecule has 8 rings (SSSR count). The molecule has 0 atom stereocenters. The van der Waals surface area contributed by atoms with Gasteiger partial charge in [0.05, 0.1) is 23.6 Å². The first-order chi connectivity index (χ1) is 29.6. The summed E-state index contributed by atoms with van der Waals surface area (Å²) in [7, 11) is 2.77. The maximum Gasteiger partial charge on any atom is 0.410 e. The number of likely N-dealkylation sites (tertiary alicyclic amines) is 2. The monoisotopic (exact) mass is 926 g/mol. The van der Waals surface area contributed by atoms with Crippen molar-refractivity contribution < 1.29 is 38.1 Å². The molecule has 2 fully saturated rings. The molecule has 6 heterocycles. The van der Waals surface area contributed by atoms with E-state index in [1.54, 1.807) is 34.5 Å². The molecule has 0 saturated carbocycles. The van der Waals surface area contributed by atoms with E-state index in [1.807, 2.05) is 72.9 Å². The number of halogens is 1. The number of piperidine rings is 2. The molecule has 12 nitrogen and oxygen atoms in total. The lowest BCUT2D eigenvalue weighted by atomic mass is 9.90. The molecule has 61 heavy (non-hydrogen) atoms. The van der Waals surface area contributed by atoms with E-state index in [1.165, 1.54) is 42.5 Å². The molecule has 318 valence electrons. The maximum atomic E-state index is 12.4. The molecular weight excluding hydrogens is 881 g/mol. The smallest absolute Gasteiger partial charge is 0.410 e. The van der Waals surface area contributed by atoms with Crippen LogP contribution in [-0.2, 0) is 38.6 Å². The minimum absolute atomic E-state index is 0.221. The number of ether oxygens (including phenoxy) is 4. The average molecular weight is 928 g/mol. The number of amides is 2. The Kier molecular flexibility index (Phi) is 16.4. The van der Waals surface area contributed by atoms with Gasteiger partial charge in [0.15, 0.2) is 0 Å². The van der Waals surface area contributed by atoms with Gasteiger partial charge in [-0.3, -0.25) is 9.97 Å². The molecule has 6 aromatic rings. The van der Waals surface area contributed by atoms with Gasteiger partial charge in [-0.05, 0) is 88.2 Å². The first-order valence-electron chi connectivity index (χ1n) is 19.8. The number of thiophene rings is 2. The van der Waals surface area contributed by atoms with Gasteiger partial charge in [-0.15, -0.1) is 22.7 Å². The molecule has 0 unspecified atom stereocenters. The minimum Gasteiger partial charge on any atom is -0.465 e. The van der Waals surface area contributed by atoms with E-state index in [2.05, 4.69) is 37.2 Å². The van der Waals surface area contributed by atoms with Crippen LogP contribution in [0.3, 0.4) is 0 Å². The third-order valence-electron chi connectivity index (χ3n) is 10.2. The predicted octanol–water partition coefficient (Wildman–Crippen LogP) is 10.5. The van der Waals surface area contributed by atoms with Crippen LogP contribution in [0.4, 0.5) is 9.59 Å². The number of fused-ring (bicyclic) bond motifs is 2. The Balaban J connectivity index is 0.000000169. The SMILES string of the molecule is C=C1CCN(C(=O)OCc2ccccc2)CC1.COC(=O)c1cc2c(Br)cncc2s1.COC(=O)c1cc2c(CC3CCN(C(=O)OCc4ccccc4)CC3)cncc2s1. The second-order valence-electron chi connectivity index (χ2n) is 14.4. The summed E-state index contributed by atoms with van der Waals surface area (Å²) in [5.74, 6) is -0.153. The zero-order valence-electron chi connectivity index (χ0n) is 34.0. The summed E-state index contributed by atoms with van der Waals surface area (Å²) in [5.41, 5.74) is 4.37. The van der Waals surface area contributed by atoms with Crippen molar-refractivity contribution in [1.29, 1.82) is 0 Å². The van der Waals surface area contributed by atoms with Crippen LogP contribution in [0.5, 0.6) is 0 Å². The molecule has 4 aromatic heterocycles. The first-order valence-corrected chi connectivity index (χ1v) is 22.2. The summed E-state index contributed by atoms with van der Waals surface area (Å²) in [6.45, 7) is 7.41. The van der Waals surface area contributed by atoms with Gasteiger partial charge >= 0.3 is 24.1 Å². The van der Waals surface area contributed by atoms with Gasteiger partial charge in [-0.1, -0.05) is 72.8 Å². The van der Waals surface area contributed by atoms with Crippen molar-refractivity contribution in [1.82, 2.24) is 19.8 Å². The van der Waals surface area contributed by atoms with Gasteiger partial charge in [-0.25, -0.2) is 19.2 Å². The van der Waals surface area contributed by atoms with Crippen molar-refractivity contribution in [3.05, 3.63) is 141 Å². The van der Waals surface area contributed by atoms with Gasteiger partial charge < -0.3 is 28.7 Å². The van der Waals surface area contributed by atoms with Crippen LogP contribution in [0.25, 0.3) is 20.2 Å². The summed E-state index contributed by atoms with van der Waals surface area (Å²) in [4.78, 5) is 60.3. The molecule has 2 aliphatic rings. The van der Waals surface area contributed by atoms with Crippen molar-refractivity contribution in [2.45, 2.75) is 45.3 Å². The Hall–Kier alpha value is -5.64. The third-order valence-corrected chi connectivity index (χ3v) is 13.0. The van der Waals surface area contributed by atoms with Crippen molar-refractivity contribution in [2.75, 3.05) is 40.4 Å². The quantitative estimate of drug-likeness (QED) is 0.0824. The third kappa shape index (κ3) is 12.7. The highest BCUT2D eigenvalue weighted by Gasteiger charge is 2.25. The second kappa shape index (κ2) is 22.3. The van der Waals surface area contributed by atoms with Crippen LogP contribution in [-0.4, -0.2) is 84.3 Å². The van der Waals surface area contributed by atoms with E-state index in [4.69, 9.17) is 14.2 Å². The van der Waals surface area contributed by atoms with E-state index < -0.39 is 0 Å². The number of benzene rings is 2. The molecule has 2 aliphatic heterocycles. The lowest BCUT2D eigenvalue weighted by Crippen LogP contribution is -2.39. The number of esters is 2. The molecular formula is C46H47BrN4O8S2. The van der Waals surface area contributed by atoms with Crippen LogP contribution < -0.4 is 0 Å². The van der Waals surface area contributed by atoms with Crippen molar-refractivity contribution in [3.63, 3.8) is 0 Å². The molecule has 2 amide bonds. The summed E-state index contributed by atoms with van der Waals surface area (Å²) < 4.78 is 23.0. The summed E-state index contributed by atoms with van der Waals surface area (Å²) >= 11 is 6.16. The van der Waals surface area contributed by atoms with Crippen LogP contribution in [0.15, 0.2) is 114 Å². The fourth-order valence-electron chi connectivity index (χ4n) is 6.77. The lowest BCUT2D eigenvalue weighted by molar-refractivity contribution is 0.0597. The number of pyridine rings is 2. The number of aromatic nitrogens is 2. The van der Waals surface area contributed by atoms with E-state index in [0.29, 0.717) is 42.0 Å². The Morgan fingerprint density at radius 2 is 1.16 bits per heavy atom. The topological polar surface area (TPSA) is 137 Å². The van der Waals surface area contributed by atoms with E-state index >= 15 is 0 Å². The average Bonchev–Trinajstić information content (AvgIpc) is 3.95. The highest BCUT2D eigenvalue weighted by Crippen LogP contribution is 2.32. The van der Waals surface area contributed by atoms with Gasteiger partial charge in [0, 0.05) is 60.8 Å². The normalized spacial score (nSPS) is 14.0. The molecule has 2 aromatic carbocycles. The van der Waals surface area contributed by atoms with Crippen LogP contribution >= 0.6 is 38.6 Å². The Morgan fingerprint density at radius 1 is 0.689 bits per heavy atom. The lowest BCUT2D eigenvalue weighted by Gasteiger charge is -2.31. The van der Waals surface area contributed by atoms with E-state index in [-0.39, 0.29) is 24.1 Å². The number of rotatable bonds is 8. The largest absolute Gasteiger partial charge is 0.465 e. The number of carbonyl (C=O) groups is 4. The van der Waals surface area contributed by atoms with Gasteiger partial charge in [0.2, 0.25) is 0 Å². The molecule has 0 N–H and O–H groups in total. The summed E-state index contributed by atoms with van der Waals surface area (Å²) in [5, 5.41) is 2.06. The number of methoxy groups -OCH3 is 2. The number of carbonyl (C=O) groups excluding carboxylic acids is 4. The highest BCUT2D eigenvalue weighted by atomic mass is 79.9. The molecule has 15 heteroatoms. The fourth-order valence-corrected chi connectivity index (χ4v) is 9.31. The number of hydrogen-bond acceptors (Lipinski definition) is 12. The van der Waals surface area contributed by atoms with Crippen LogP contribution in [0, 0.1) is 5.92 Å². The van der Waals surface area contributed by atoms with Gasteiger partial charge in [0.25, 0.3) is 0 Å². The minimum atomic E-state index is -0.315. The molecule has 0 spiro atoms. The number of nitrogens with zero attached hydrogens (tertiary/aromatic N) is 4. The Morgan fingerprint density at radius 3 is 1.67 bits per heavy atom. The molecule has 0 aliphatic carbocycles. The van der Waals surface area contributed by atoms with Crippen LogP contribution in [0.1, 0.15) is 61.7 Å². The molecule has 0 bridgehead atoms. The van der Waals surface area contributed by atoms with Gasteiger partial charge in [-0.2, -0.15) is 0 Å². The van der Waals surface area contributed by atoms with Crippen molar-refractivity contribution >= 4 is 82.9 Å². The highest BCUT2D eigenvalue weighted by molar-refractivity contribution is 9.10.